The molecule has 184 valence electrons. The Labute approximate surface area is 210 Å². The van der Waals surface area contributed by atoms with E-state index in [4.69, 9.17) is 10.2 Å². The van der Waals surface area contributed by atoms with Gasteiger partial charge >= 0.3 is 5.82 Å². The second-order valence-corrected chi connectivity index (χ2v) is 12.1. The summed E-state index contributed by atoms with van der Waals surface area (Å²) in [7, 11) is -1.17. The molecule has 7 heteroatoms. The molecule has 0 saturated heterocycles. The Balaban J connectivity index is 2.06. The summed E-state index contributed by atoms with van der Waals surface area (Å²) < 4.78 is 6.70. The summed E-state index contributed by atoms with van der Waals surface area (Å²) in [6.07, 6.45) is 3.94. The molecule has 0 spiro atoms. The molecule has 0 unspecified atom stereocenters. The van der Waals surface area contributed by atoms with E-state index in [9.17, 15) is 0 Å². The number of pyridine rings is 2. The van der Waals surface area contributed by atoms with Gasteiger partial charge in [0.2, 0.25) is 8.22 Å². The molecule has 0 aliphatic carbocycles. The lowest BCUT2D eigenvalue weighted by Crippen LogP contribution is -2.48. The van der Waals surface area contributed by atoms with Gasteiger partial charge in [0.15, 0.2) is 5.44 Å². The Morgan fingerprint density at radius 3 is 1.69 bits per heavy atom. The van der Waals surface area contributed by atoms with Crippen molar-refractivity contribution in [3.8, 4) is 5.82 Å². The van der Waals surface area contributed by atoms with Crippen LogP contribution in [0, 0.1) is 0 Å². The van der Waals surface area contributed by atoms with E-state index in [0.717, 1.165) is 22.6 Å². The van der Waals surface area contributed by atoms with Gasteiger partial charge in [-0.1, -0.05) is 67.5 Å². The minimum atomic E-state index is -1.17. The summed E-state index contributed by atoms with van der Waals surface area (Å²) in [6, 6.07) is 17.0. The van der Waals surface area contributed by atoms with Gasteiger partial charge in [-0.2, -0.15) is 14.8 Å². The zero-order valence-corrected chi connectivity index (χ0v) is 23.1. The summed E-state index contributed by atoms with van der Waals surface area (Å²) in [6.45, 7) is 17.8. The van der Waals surface area contributed by atoms with E-state index in [1.165, 1.54) is 11.4 Å². The van der Waals surface area contributed by atoms with Gasteiger partial charge in [0, 0.05) is 17.5 Å². The van der Waals surface area contributed by atoms with Crippen LogP contribution in [0.4, 0.5) is 0 Å². The molecule has 4 aromatic heterocycles. The van der Waals surface area contributed by atoms with Crippen LogP contribution in [0.5, 0.6) is 0 Å². The quantitative estimate of drug-likeness (QED) is 0.216. The summed E-state index contributed by atoms with van der Waals surface area (Å²) in [4.78, 5) is 4.68. The SMILES string of the molecule is CC(C)c1cc(C(C)C)n(P(c2cccc[n+]2-c2ccccn2)n2nc(C(C)C)cc2C(C)C)n1. The van der Waals surface area contributed by atoms with Gasteiger partial charge in [-0.25, -0.2) is 8.90 Å². The Bertz CT molecular complexity index is 1210. The van der Waals surface area contributed by atoms with Crippen molar-refractivity contribution < 1.29 is 4.57 Å². The fraction of sp³-hybridized carbons (Fsp3) is 0.429. The monoisotopic (exact) mass is 489 g/mol. The lowest BCUT2D eigenvalue weighted by Gasteiger charge is -2.24. The van der Waals surface area contributed by atoms with Gasteiger partial charge in [0.25, 0.3) is 0 Å². The first-order valence-corrected chi connectivity index (χ1v) is 13.9. The summed E-state index contributed by atoms with van der Waals surface area (Å²) in [5.41, 5.74) is 5.81. The number of nitrogens with zero attached hydrogens (tertiary/aromatic N) is 6. The molecule has 4 heterocycles. The Morgan fingerprint density at radius 1 is 0.686 bits per heavy atom. The van der Waals surface area contributed by atoms with Crippen molar-refractivity contribution in [1.29, 1.82) is 0 Å². The molecule has 0 fully saturated rings. The van der Waals surface area contributed by atoms with Gasteiger partial charge in [0.1, 0.15) is 6.20 Å². The Morgan fingerprint density at radius 2 is 1.23 bits per heavy atom. The summed E-state index contributed by atoms with van der Waals surface area (Å²) in [5.74, 6) is 2.24. The van der Waals surface area contributed by atoms with Crippen molar-refractivity contribution in [2.45, 2.75) is 79.1 Å². The number of rotatable bonds is 8. The molecule has 0 saturated carbocycles. The van der Waals surface area contributed by atoms with Crippen molar-refractivity contribution >= 4 is 13.7 Å². The maximum Gasteiger partial charge on any atom is 0.328 e. The van der Waals surface area contributed by atoms with Crippen molar-refractivity contribution in [1.82, 2.24) is 24.1 Å². The zero-order chi connectivity index (χ0) is 25.3. The van der Waals surface area contributed by atoms with E-state index in [1.54, 1.807) is 0 Å². The highest BCUT2D eigenvalue weighted by atomic mass is 31.1. The minimum Gasteiger partial charge on any atom is -0.218 e. The lowest BCUT2D eigenvalue weighted by atomic mass is 10.1. The molecular weight excluding hydrogens is 451 g/mol. The normalized spacial score (nSPS) is 12.1. The molecule has 0 amide bonds. The van der Waals surface area contributed by atoms with Crippen LogP contribution in [0.1, 0.15) is 102 Å². The predicted octanol–water partition coefficient (Wildman–Crippen LogP) is 6.28. The highest BCUT2D eigenvalue weighted by Crippen LogP contribution is 2.43. The van der Waals surface area contributed by atoms with Gasteiger partial charge in [-0.05, 0) is 59.0 Å². The minimum absolute atomic E-state index is 0.328. The van der Waals surface area contributed by atoms with Crippen LogP contribution < -0.4 is 10.0 Å². The standard InChI is InChI=1S/C28H38N6P/c1-19(2)23-17-25(21(5)6)33(30-23)35(34-26(22(7)8)18-24(31-34)20(3)4)28-14-10-12-16-32(28)27-13-9-11-15-29-27/h9-22H,1-8H3/q+1. The topological polar surface area (TPSA) is 52.4 Å². The molecule has 4 aromatic rings. The first-order valence-electron chi connectivity index (χ1n) is 12.6. The number of hydrogen-bond acceptors (Lipinski definition) is 3. The third-order valence-corrected chi connectivity index (χ3v) is 8.27. The average Bonchev–Trinajstić information content (AvgIpc) is 3.46. The van der Waals surface area contributed by atoms with E-state index < -0.39 is 8.22 Å². The van der Waals surface area contributed by atoms with Gasteiger partial charge < -0.3 is 0 Å². The fourth-order valence-electron chi connectivity index (χ4n) is 4.03. The van der Waals surface area contributed by atoms with E-state index in [1.807, 2.05) is 18.3 Å². The van der Waals surface area contributed by atoms with Crippen molar-refractivity contribution in [2.24, 2.45) is 0 Å². The molecule has 0 radical (unpaired) electrons. The summed E-state index contributed by atoms with van der Waals surface area (Å²) in [5, 5.41) is 10.4. The number of aromatic nitrogens is 6. The lowest BCUT2D eigenvalue weighted by molar-refractivity contribution is -0.580. The molecule has 0 aliphatic rings. The maximum atomic E-state index is 5.22. The van der Waals surface area contributed by atoms with Crippen LogP contribution in [-0.2, 0) is 0 Å². The van der Waals surface area contributed by atoms with Crippen LogP contribution in [0.15, 0.2) is 60.9 Å². The van der Waals surface area contributed by atoms with Gasteiger partial charge in [-0.3, -0.25) is 0 Å². The second-order valence-electron chi connectivity index (χ2n) is 10.3. The molecule has 4 rings (SSSR count). The third kappa shape index (κ3) is 5.08. The van der Waals surface area contributed by atoms with Crippen LogP contribution in [0.25, 0.3) is 5.82 Å². The smallest absolute Gasteiger partial charge is 0.218 e. The van der Waals surface area contributed by atoms with E-state index in [0.29, 0.717) is 23.7 Å². The molecule has 0 bridgehead atoms. The average molecular weight is 490 g/mol. The highest BCUT2D eigenvalue weighted by Gasteiger charge is 2.33. The van der Waals surface area contributed by atoms with Crippen LogP contribution in [0.2, 0.25) is 0 Å². The molecule has 35 heavy (non-hydrogen) atoms. The maximum absolute atomic E-state index is 5.22. The van der Waals surface area contributed by atoms with E-state index >= 15 is 0 Å². The van der Waals surface area contributed by atoms with Crippen LogP contribution >= 0.6 is 8.22 Å². The molecule has 0 aliphatic heterocycles. The second kappa shape index (κ2) is 10.4. The van der Waals surface area contributed by atoms with Crippen molar-refractivity contribution in [2.75, 3.05) is 0 Å². The van der Waals surface area contributed by atoms with Crippen LogP contribution in [0.3, 0.4) is 0 Å². The van der Waals surface area contributed by atoms with Crippen molar-refractivity contribution in [3.05, 3.63) is 83.7 Å². The molecule has 6 nitrogen and oxygen atoms in total. The zero-order valence-electron chi connectivity index (χ0n) is 22.2. The van der Waals surface area contributed by atoms with Crippen LogP contribution in [-0.4, -0.2) is 24.1 Å². The molecule has 0 atom stereocenters. The Hall–Kier alpha value is -2.85. The fourth-order valence-corrected chi connectivity index (χ4v) is 6.56. The first kappa shape index (κ1) is 25.2. The van der Waals surface area contributed by atoms with Crippen molar-refractivity contribution in [3.63, 3.8) is 0 Å². The molecular formula is C28H38N6P+. The van der Waals surface area contributed by atoms with E-state index in [-0.39, 0.29) is 0 Å². The highest BCUT2D eigenvalue weighted by molar-refractivity contribution is 7.61. The first-order chi connectivity index (χ1) is 16.7. The molecule has 0 aromatic carbocycles. The van der Waals surface area contributed by atoms with E-state index in [2.05, 4.69) is 116 Å². The third-order valence-electron chi connectivity index (χ3n) is 6.14. The molecule has 0 N–H and O–H groups in total. The Kier molecular flexibility index (Phi) is 7.51. The van der Waals surface area contributed by atoms with Gasteiger partial charge in [0.05, 0.1) is 17.6 Å². The number of hydrogen-bond donors (Lipinski definition) is 0. The largest absolute Gasteiger partial charge is 0.328 e. The predicted molar refractivity (Wildman–Crippen MR) is 144 cm³/mol. The van der Waals surface area contributed by atoms with Gasteiger partial charge in [-0.15, -0.1) is 0 Å². The summed E-state index contributed by atoms with van der Waals surface area (Å²) >= 11 is 0.